The first-order valence-corrected chi connectivity index (χ1v) is 6.34. The van der Waals surface area contributed by atoms with Crippen LogP contribution in [0.3, 0.4) is 0 Å². The predicted molar refractivity (Wildman–Crippen MR) is 66.6 cm³/mol. The van der Waals surface area contributed by atoms with Gasteiger partial charge in [0.1, 0.15) is 31.0 Å². The highest BCUT2D eigenvalue weighted by Crippen LogP contribution is 2.45. The lowest BCUT2D eigenvalue weighted by molar-refractivity contribution is -0.345. The summed E-state index contributed by atoms with van der Waals surface area (Å²) in [6.07, 6.45) is -1.15. The Kier molecular flexibility index (Phi) is 4.02. The molecule has 5 atom stereocenters. The van der Waals surface area contributed by atoms with Gasteiger partial charge in [-0.3, -0.25) is 0 Å². The normalized spacial score (nSPS) is 44.3. The molecule has 2 heterocycles. The van der Waals surface area contributed by atoms with E-state index in [0.29, 0.717) is 0 Å². The van der Waals surface area contributed by atoms with Crippen LogP contribution in [0, 0.1) is 0 Å². The minimum Gasteiger partial charge on any atom is -0.391 e. The molecular formula is C13H22O6. The van der Waals surface area contributed by atoms with Crippen LogP contribution >= 0.6 is 0 Å². The number of fused-ring (bicyclic) bond motifs is 2. The van der Waals surface area contributed by atoms with Crippen LogP contribution < -0.4 is 0 Å². The number of hydrogen-bond acceptors (Lipinski definition) is 6. The Morgan fingerprint density at radius 2 is 2.05 bits per heavy atom. The van der Waals surface area contributed by atoms with E-state index in [1.54, 1.807) is 6.08 Å². The molecule has 0 spiro atoms. The van der Waals surface area contributed by atoms with Crippen molar-refractivity contribution in [2.75, 3.05) is 20.3 Å². The quantitative estimate of drug-likeness (QED) is 0.678. The van der Waals surface area contributed by atoms with Crippen molar-refractivity contribution in [2.24, 2.45) is 0 Å². The van der Waals surface area contributed by atoms with Gasteiger partial charge in [0.15, 0.2) is 0 Å². The molecule has 0 radical (unpaired) electrons. The van der Waals surface area contributed by atoms with Crippen LogP contribution in [0.4, 0.5) is 0 Å². The van der Waals surface area contributed by atoms with Crippen LogP contribution in [0.15, 0.2) is 12.7 Å². The van der Waals surface area contributed by atoms with Crippen LogP contribution in [-0.4, -0.2) is 66.3 Å². The highest BCUT2D eigenvalue weighted by Gasteiger charge is 2.65. The lowest BCUT2D eigenvalue weighted by Gasteiger charge is -2.45. The van der Waals surface area contributed by atoms with Gasteiger partial charge in [0.05, 0.1) is 12.2 Å². The highest BCUT2D eigenvalue weighted by atomic mass is 16.8. The first-order chi connectivity index (χ1) is 8.91. The molecule has 6 nitrogen and oxygen atoms in total. The van der Waals surface area contributed by atoms with Crippen LogP contribution in [-0.2, 0) is 18.9 Å². The monoisotopic (exact) mass is 274 g/mol. The Balaban J connectivity index is 2.33. The smallest absolute Gasteiger partial charge is 0.221 e. The Labute approximate surface area is 112 Å². The number of rotatable bonds is 5. The van der Waals surface area contributed by atoms with Gasteiger partial charge in [-0.2, -0.15) is 0 Å². The predicted octanol–water partition coefficient (Wildman–Crippen LogP) is -0.170. The zero-order chi connectivity index (χ0) is 14.3. The largest absolute Gasteiger partial charge is 0.391 e. The van der Waals surface area contributed by atoms with Gasteiger partial charge in [0.2, 0.25) is 5.79 Å². The molecule has 19 heavy (non-hydrogen) atoms. The lowest BCUT2D eigenvalue weighted by Crippen LogP contribution is -2.65. The maximum Gasteiger partial charge on any atom is 0.221 e. The number of aliphatic hydroxyl groups is 2. The van der Waals surface area contributed by atoms with Crippen molar-refractivity contribution in [3.8, 4) is 0 Å². The second kappa shape index (κ2) is 5.12. The van der Waals surface area contributed by atoms with E-state index in [1.165, 1.54) is 7.11 Å². The van der Waals surface area contributed by atoms with Gasteiger partial charge in [-0.1, -0.05) is 6.08 Å². The SMILES string of the molecule is C=CCO[C@H]1[C@@H]2OC(C)(C)C(O[C@@]1(CO)OC)[C@H]2O. The molecule has 2 bridgehead atoms. The molecule has 0 amide bonds. The number of ether oxygens (including phenoxy) is 4. The molecule has 2 aliphatic heterocycles. The fourth-order valence-corrected chi connectivity index (χ4v) is 2.81. The molecule has 0 aliphatic carbocycles. The van der Waals surface area contributed by atoms with Crippen molar-refractivity contribution in [2.45, 2.75) is 49.7 Å². The second-order valence-corrected chi connectivity index (χ2v) is 5.43. The molecule has 0 aromatic carbocycles. The molecular weight excluding hydrogens is 252 g/mol. The number of methoxy groups -OCH3 is 1. The standard InChI is InChI=1S/C13H22O6/c1-5-6-17-11-9-8(15)10(12(2,3)18-9)19-13(11,7-14)16-4/h5,8-11,14-15H,1,6-7H2,2-4H3/t8-,9+,10?,11-,13+/m0/s1. The summed E-state index contributed by atoms with van der Waals surface area (Å²) in [5, 5.41) is 19.9. The molecule has 2 aliphatic rings. The third-order valence-electron chi connectivity index (χ3n) is 3.79. The first-order valence-electron chi connectivity index (χ1n) is 6.34. The van der Waals surface area contributed by atoms with Gasteiger partial charge in [-0.25, -0.2) is 0 Å². The molecule has 0 saturated carbocycles. The first kappa shape index (κ1) is 14.9. The van der Waals surface area contributed by atoms with E-state index in [0.717, 1.165) is 0 Å². The van der Waals surface area contributed by atoms with Gasteiger partial charge in [0.25, 0.3) is 0 Å². The Morgan fingerprint density at radius 1 is 1.37 bits per heavy atom. The van der Waals surface area contributed by atoms with Crippen LogP contribution in [0.1, 0.15) is 13.8 Å². The summed E-state index contributed by atoms with van der Waals surface area (Å²) < 4.78 is 22.6. The zero-order valence-electron chi connectivity index (χ0n) is 11.5. The summed E-state index contributed by atoms with van der Waals surface area (Å²) in [7, 11) is 1.44. The average Bonchev–Trinajstić information content (AvgIpc) is 2.54. The third-order valence-corrected chi connectivity index (χ3v) is 3.79. The van der Waals surface area contributed by atoms with Crippen molar-refractivity contribution in [1.82, 2.24) is 0 Å². The van der Waals surface area contributed by atoms with E-state index in [-0.39, 0.29) is 13.2 Å². The molecule has 2 saturated heterocycles. The topological polar surface area (TPSA) is 77.4 Å². The molecule has 110 valence electrons. The minimum atomic E-state index is -1.33. The Morgan fingerprint density at radius 3 is 2.58 bits per heavy atom. The van der Waals surface area contributed by atoms with Crippen molar-refractivity contribution < 1.29 is 29.2 Å². The van der Waals surface area contributed by atoms with Gasteiger partial charge >= 0.3 is 0 Å². The number of hydrogen-bond donors (Lipinski definition) is 2. The van der Waals surface area contributed by atoms with Crippen molar-refractivity contribution in [3.05, 3.63) is 12.7 Å². The maximum atomic E-state index is 10.2. The van der Waals surface area contributed by atoms with Crippen LogP contribution in [0.5, 0.6) is 0 Å². The highest BCUT2D eigenvalue weighted by molar-refractivity contribution is 5.09. The molecule has 2 N–H and O–H groups in total. The van der Waals surface area contributed by atoms with Crippen LogP contribution in [0.2, 0.25) is 0 Å². The van der Waals surface area contributed by atoms with E-state index in [4.69, 9.17) is 18.9 Å². The van der Waals surface area contributed by atoms with E-state index < -0.39 is 35.8 Å². The van der Waals surface area contributed by atoms with Gasteiger partial charge in [-0.05, 0) is 13.8 Å². The van der Waals surface area contributed by atoms with Crippen molar-refractivity contribution in [3.63, 3.8) is 0 Å². The fourth-order valence-electron chi connectivity index (χ4n) is 2.81. The van der Waals surface area contributed by atoms with E-state index in [1.807, 2.05) is 13.8 Å². The Hall–Kier alpha value is -0.500. The summed E-state index contributed by atoms with van der Waals surface area (Å²) in [4.78, 5) is 0. The zero-order valence-corrected chi connectivity index (χ0v) is 11.5. The Bertz CT molecular complexity index is 338. The molecule has 1 unspecified atom stereocenters. The molecule has 2 fully saturated rings. The number of aliphatic hydroxyl groups excluding tert-OH is 2. The summed E-state index contributed by atoms with van der Waals surface area (Å²) in [6.45, 7) is 7.10. The van der Waals surface area contributed by atoms with Crippen molar-refractivity contribution in [1.29, 1.82) is 0 Å². The van der Waals surface area contributed by atoms with Gasteiger partial charge < -0.3 is 29.2 Å². The molecule has 0 aromatic rings. The molecule has 6 heteroatoms. The summed E-state index contributed by atoms with van der Waals surface area (Å²) >= 11 is 0. The molecule has 0 aromatic heterocycles. The lowest BCUT2D eigenvalue weighted by atomic mass is 9.90. The third kappa shape index (κ3) is 2.22. The molecule has 2 rings (SSSR count). The maximum absolute atomic E-state index is 10.2. The summed E-state index contributed by atoms with van der Waals surface area (Å²) in [5.74, 6) is -1.33. The van der Waals surface area contributed by atoms with Crippen molar-refractivity contribution >= 4 is 0 Å². The fraction of sp³-hybridized carbons (Fsp3) is 0.846. The second-order valence-electron chi connectivity index (χ2n) is 5.43. The summed E-state index contributed by atoms with van der Waals surface area (Å²) in [6, 6.07) is 0. The average molecular weight is 274 g/mol. The summed E-state index contributed by atoms with van der Waals surface area (Å²) in [5.41, 5.74) is -0.671. The van der Waals surface area contributed by atoms with E-state index in [2.05, 4.69) is 6.58 Å². The van der Waals surface area contributed by atoms with E-state index >= 15 is 0 Å². The van der Waals surface area contributed by atoms with Gasteiger partial charge in [-0.15, -0.1) is 6.58 Å². The van der Waals surface area contributed by atoms with Gasteiger partial charge in [0, 0.05) is 7.11 Å². The van der Waals surface area contributed by atoms with E-state index in [9.17, 15) is 10.2 Å². The van der Waals surface area contributed by atoms with Crippen LogP contribution in [0.25, 0.3) is 0 Å². The minimum absolute atomic E-state index is 0.247.